The van der Waals surface area contributed by atoms with Crippen molar-refractivity contribution in [2.75, 3.05) is 36.0 Å². The number of carboxylic acid groups (broad SMARTS) is 1. The minimum absolute atomic E-state index is 0.120. The number of aliphatic carboxylic acids is 1. The lowest BCUT2D eigenvalue weighted by Crippen LogP contribution is -2.37. The Morgan fingerprint density at radius 3 is 2.44 bits per heavy atom. The van der Waals surface area contributed by atoms with E-state index in [1.165, 1.54) is 18.2 Å². The van der Waals surface area contributed by atoms with Gasteiger partial charge in [-0.05, 0) is 55.3 Å². The highest BCUT2D eigenvalue weighted by Gasteiger charge is 2.28. The topological polar surface area (TPSA) is 118 Å². The number of ether oxygens (including phenoxy) is 1. The highest BCUT2D eigenvalue weighted by atomic mass is 35.5. The molecule has 1 N–H and O–H groups in total. The predicted octanol–water partition coefficient (Wildman–Crippen LogP) is 4.62. The number of aromatic nitrogens is 3. The van der Waals surface area contributed by atoms with Crippen molar-refractivity contribution in [3.63, 3.8) is 0 Å². The molecule has 3 heterocycles. The summed E-state index contributed by atoms with van der Waals surface area (Å²) in [7, 11) is -2.29. The van der Waals surface area contributed by atoms with Crippen molar-refractivity contribution in [1.82, 2.24) is 14.5 Å². The maximum absolute atomic E-state index is 13.4. The van der Waals surface area contributed by atoms with Crippen molar-refractivity contribution in [3.05, 3.63) is 71.1 Å². The summed E-state index contributed by atoms with van der Waals surface area (Å²) in [5, 5.41) is 10.4. The number of carboxylic acids is 1. The van der Waals surface area contributed by atoms with Gasteiger partial charge in [-0.3, -0.25) is 13.7 Å². The molecule has 0 aliphatic carbocycles. The second kappa shape index (κ2) is 11.0. The Balaban J connectivity index is 1.46. The highest BCUT2D eigenvalue weighted by molar-refractivity contribution is 7.92. The number of hydrogen-bond acceptors (Lipinski definition) is 7. The molecule has 0 atom stereocenters. The van der Waals surface area contributed by atoms with Crippen molar-refractivity contribution in [2.24, 2.45) is 0 Å². The first kappa shape index (κ1) is 27.2. The average molecular weight is 590 g/mol. The molecule has 2 aromatic carbocycles. The normalized spacial score (nSPS) is 14.4. The van der Waals surface area contributed by atoms with Crippen molar-refractivity contribution in [3.8, 4) is 5.82 Å². The van der Waals surface area contributed by atoms with E-state index in [-0.39, 0.29) is 20.6 Å². The molecule has 13 heteroatoms. The molecule has 1 fully saturated rings. The van der Waals surface area contributed by atoms with Gasteiger partial charge in [0, 0.05) is 47.9 Å². The molecule has 1 aliphatic rings. The fraction of sp³-hybridized carbons (Fsp3) is 0.269. The summed E-state index contributed by atoms with van der Waals surface area (Å²) in [6.45, 7) is 0.679. The molecule has 0 radical (unpaired) electrons. The van der Waals surface area contributed by atoms with Crippen molar-refractivity contribution in [1.29, 1.82) is 0 Å². The smallest absolute Gasteiger partial charge is 0.324 e. The molecule has 2 aromatic heterocycles. The molecule has 0 saturated carbocycles. The highest BCUT2D eigenvalue weighted by Crippen LogP contribution is 2.31. The van der Waals surface area contributed by atoms with Crippen LogP contribution in [0.5, 0.6) is 0 Å². The molecule has 0 bridgehead atoms. The molecule has 0 spiro atoms. The number of benzene rings is 2. The lowest BCUT2D eigenvalue weighted by Gasteiger charge is -2.31. The zero-order valence-electron chi connectivity index (χ0n) is 20.9. The van der Waals surface area contributed by atoms with Crippen molar-refractivity contribution >= 4 is 61.6 Å². The van der Waals surface area contributed by atoms with Gasteiger partial charge in [-0.1, -0.05) is 23.2 Å². The average Bonchev–Trinajstić information content (AvgIpc) is 3.34. The van der Waals surface area contributed by atoms with E-state index in [0.29, 0.717) is 17.2 Å². The van der Waals surface area contributed by atoms with Crippen LogP contribution in [0.2, 0.25) is 10.0 Å². The monoisotopic (exact) mass is 589 g/mol. The first-order valence-corrected chi connectivity index (χ1v) is 14.3. The number of anilines is 2. The number of halogens is 2. The van der Waals surface area contributed by atoms with Gasteiger partial charge in [0.2, 0.25) is 0 Å². The molecule has 204 valence electrons. The van der Waals surface area contributed by atoms with Crippen LogP contribution in [0.4, 0.5) is 11.5 Å². The van der Waals surface area contributed by atoms with E-state index in [4.69, 9.17) is 27.9 Å². The number of carbonyl (C=O) groups is 1. The summed E-state index contributed by atoms with van der Waals surface area (Å²) in [6.07, 6.45) is 7.07. The zero-order chi connectivity index (χ0) is 27.7. The Hall–Kier alpha value is -3.38. The van der Waals surface area contributed by atoms with Gasteiger partial charge in [-0.15, -0.1) is 0 Å². The largest absolute Gasteiger partial charge is 0.480 e. The fourth-order valence-corrected chi connectivity index (χ4v) is 6.74. The van der Waals surface area contributed by atoms with Crippen LogP contribution >= 0.6 is 23.2 Å². The first-order valence-electron chi connectivity index (χ1n) is 12.1. The molecule has 10 nitrogen and oxygen atoms in total. The quantitative estimate of drug-likeness (QED) is 0.316. The molecule has 0 amide bonds. The van der Waals surface area contributed by atoms with Gasteiger partial charge < -0.3 is 14.7 Å². The molecule has 1 saturated heterocycles. The third kappa shape index (κ3) is 5.67. The lowest BCUT2D eigenvalue weighted by molar-refractivity contribution is -0.135. The summed E-state index contributed by atoms with van der Waals surface area (Å²) in [6, 6.07) is 10.9. The number of nitrogens with zero attached hydrogens (tertiary/aromatic N) is 5. The van der Waals surface area contributed by atoms with Crippen LogP contribution in [-0.4, -0.2) is 66.9 Å². The molecular formula is C26H25Cl2N5O5S. The van der Waals surface area contributed by atoms with E-state index >= 15 is 0 Å². The Bertz CT molecular complexity index is 1600. The van der Waals surface area contributed by atoms with Crippen LogP contribution in [0.1, 0.15) is 12.8 Å². The van der Waals surface area contributed by atoms with Crippen molar-refractivity contribution < 1.29 is 23.1 Å². The molecule has 5 rings (SSSR count). The van der Waals surface area contributed by atoms with Gasteiger partial charge in [0.05, 0.1) is 28.5 Å². The van der Waals surface area contributed by atoms with E-state index < -0.39 is 22.5 Å². The zero-order valence-corrected chi connectivity index (χ0v) is 23.2. The van der Waals surface area contributed by atoms with Gasteiger partial charge in [0.1, 0.15) is 12.4 Å². The Morgan fingerprint density at radius 2 is 1.79 bits per heavy atom. The first-order chi connectivity index (χ1) is 18.6. The maximum Gasteiger partial charge on any atom is 0.324 e. The van der Waals surface area contributed by atoms with E-state index in [1.54, 1.807) is 42.9 Å². The summed E-state index contributed by atoms with van der Waals surface area (Å²) < 4.78 is 35.0. The second-order valence-electron chi connectivity index (χ2n) is 9.13. The minimum atomic E-state index is -4.29. The number of rotatable bonds is 8. The minimum Gasteiger partial charge on any atom is -0.480 e. The van der Waals surface area contributed by atoms with Crippen molar-refractivity contribution in [2.45, 2.75) is 23.8 Å². The van der Waals surface area contributed by atoms with Gasteiger partial charge in [0.15, 0.2) is 5.82 Å². The standard InChI is InChI=1S/C26H25Cl2N5O5S/c1-31(20-5-8-38-9-6-20)24-14-30-25(15-29-24)32-7-4-17-10-21(2-3-23(17)32)33(16-26(34)35)39(36,37)22-12-18(27)11-19(28)13-22/h2-4,7,10-15,20H,5-6,8-9,16H2,1H3,(H,34,35). The van der Waals surface area contributed by atoms with Crippen LogP contribution in [0, 0.1) is 0 Å². The third-order valence-corrected chi connectivity index (χ3v) is 8.82. The van der Waals surface area contributed by atoms with Crippen LogP contribution in [0.15, 0.2) is 66.0 Å². The Morgan fingerprint density at radius 1 is 1.08 bits per heavy atom. The SMILES string of the molecule is CN(c1cnc(-n2ccc3cc(N(CC(=O)O)S(=O)(=O)c4cc(Cl)cc(Cl)c4)ccc32)cn1)C1CCOCC1. The van der Waals surface area contributed by atoms with Gasteiger partial charge in [0.25, 0.3) is 10.0 Å². The molecule has 1 aliphatic heterocycles. The van der Waals surface area contributed by atoms with Crippen LogP contribution in [0.3, 0.4) is 0 Å². The van der Waals surface area contributed by atoms with Gasteiger partial charge in [-0.2, -0.15) is 0 Å². The Labute approximate surface area is 235 Å². The Kier molecular flexibility index (Phi) is 7.68. The molecule has 4 aromatic rings. The summed E-state index contributed by atoms with van der Waals surface area (Å²) in [4.78, 5) is 22.7. The van der Waals surface area contributed by atoms with Crippen LogP contribution in [-0.2, 0) is 19.6 Å². The van der Waals surface area contributed by atoms with Gasteiger partial charge >= 0.3 is 5.97 Å². The summed E-state index contributed by atoms with van der Waals surface area (Å²) in [5.74, 6) is 0.0379. The van der Waals surface area contributed by atoms with E-state index in [1.807, 2.05) is 11.6 Å². The number of hydrogen-bond donors (Lipinski definition) is 1. The van der Waals surface area contributed by atoms with Crippen LogP contribution < -0.4 is 9.21 Å². The van der Waals surface area contributed by atoms with E-state index in [2.05, 4.69) is 14.9 Å². The van der Waals surface area contributed by atoms with Crippen LogP contribution in [0.25, 0.3) is 16.7 Å². The summed E-state index contributed by atoms with van der Waals surface area (Å²) in [5.41, 5.74) is 0.926. The van der Waals surface area contributed by atoms with Gasteiger partial charge in [-0.25, -0.2) is 18.4 Å². The third-order valence-electron chi connectivity index (χ3n) is 6.64. The van der Waals surface area contributed by atoms with E-state index in [9.17, 15) is 18.3 Å². The number of sulfonamides is 1. The molecule has 39 heavy (non-hydrogen) atoms. The maximum atomic E-state index is 13.4. The second-order valence-corrected chi connectivity index (χ2v) is 11.9. The summed E-state index contributed by atoms with van der Waals surface area (Å²) >= 11 is 12.0. The van der Waals surface area contributed by atoms with E-state index in [0.717, 1.165) is 41.7 Å². The lowest BCUT2D eigenvalue weighted by atomic mass is 10.1. The molecular weight excluding hydrogens is 565 g/mol. The predicted molar refractivity (Wildman–Crippen MR) is 150 cm³/mol. The molecule has 0 unspecified atom stereocenters. The number of fused-ring (bicyclic) bond motifs is 1. The fourth-order valence-electron chi connectivity index (χ4n) is 4.61.